The van der Waals surface area contributed by atoms with E-state index in [1.54, 1.807) is 40.7 Å². The molecule has 3 atom stereocenters. The van der Waals surface area contributed by atoms with E-state index < -0.39 is 47.9 Å². The van der Waals surface area contributed by atoms with Gasteiger partial charge in [0.25, 0.3) is 0 Å². The van der Waals surface area contributed by atoms with Crippen molar-refractivity contribution < 1.29 is 47.6 Å². The van der Waals surface area contributed by atoms with Gasteiger partial charge < -0.3 is 34.2 Å². The fourth-order valence-corrected chi connectivity index (χ4v) is 2.70. The number of ether oxygens (including phenoxy) is 6. The van der Waals surface area contributed by atoms with Crippen LogP contribution < -0.4 is 15.2 Å². The lowest BCUT2D eigenvalue weighted by atomic mass is 9.97. The predicted octanol–water partition coefficient (Wildman–Crippen LogP) is 4.81. The number of hydrogen-bond donors (Lipinski definition) is 1. The zero-order valence-electron chi connectivity index (χ0n) is 24.4. The second-order valence-electron chi connectivity index (χ2n) is 11.2. The first-order valence-corrected chi connectivity index (χ1v) is 13.0. The Morgan fingerprint density at radius 2 is 1.26 bits per heavy atom. The average Bonchev–Trinajstić information content (AvgIpc) is 2.82. The third-order valence-electron chi connectivity index (χ3n) is 5.09. The second-order valence-corrected chi connectivity index (χ2v) is 11.2. The van der Waals surface area contributed by atoms with Gasteiger partial charge in [0.1, 0.15) is 18.2 Å². The van der Waals surface area contributed by atoms with E-state index in [0.717, 1.165) is 0 Å². The van der Waals surface area contributed by atoms with E-state index in [0.29, 0.717) is 5.56 Å². The van der Waals surface area contributed by atoms with Crippen LogP contribution in [0, 0.1) is 17.3 Å². The number of carbonyl (C=O) groups is 4. The summed E-state index contributed by atoms with van der Waals surface area (Å²) in [6, 6.07) is 3.28. The molecule has 0 unspecified atom stereocenters. The Hall–Kier alpha value is -3.34. The predicted molar refractivity (Wildman–Crippen MR) is 142 cm³/mol. The molecule has 220 valence electrons. The molecule has 1 rings (SSSR count). The molecule has 0 radical (unpaired) electrons. The summed E-state index contributed by atoms with van der Waals surface area (Å²) in [7, 11) is 0. The van der Waals surface area contributed by atoms with Gasteiger partial charge in [0.05, 0.1) is 18.6 Å². The molecule has 0 fully saturated rings. The van der Waals surface area contributed by atoms with Gasteiger partial charge >= 0.3 is 24.2 Å². The molecule has 0 spiro atoms. The lowest BCUT2D eigenvalue weighted by Crippen LogP contribution is -2.40. The second kappa shape index (κ2) is 15.3. The SMILES string of the molecule is CC(C)COC(=O)Oc1ccc(C[C@H](N)C(=O)O[C@@H](C)[C@H](C)OC(=O)C(C)(C)C)cc1OC(=O)OCC(C)C. The Labute approximate surface area is 230 Å². The summed E-state index contributed by atoms with van der Waals surface area (Å²) in [5, 5.41) is 0. The van der Waals surface area contributed by atoms with E-state index in [2.05, 4.69) is 0 Å². The molecule has 11 nitrogen and oxygen atoms in total. The Morgan fingerprint density at radius 3 is 1.74 bits per heavy atom. The van der Waals surface area contributed by atoms with Gasteiger partial charge in [0, 0.05) is 0 Å². The van der Waals surface area contributed by atoms with Gasteiger partial charge in [0.15, 0.2) is 11.5 Å². The normalized spacial score (nSPS) is 13.7. The molecule has 39 heavy (non-hydrogen) atoms. The zero-order chi connectivity index (χ0) is 29.9. The third kappa shape index (κ3) is 12.8. The molecule has 2 N–H and O–H groups in total. The van der Waals surface area contributed by atoms with E-state index in [1.807, 2.05) is 27.7 Å². The van der Waals surface area contributed by atoms with Crippen molar-refractivity contribution in [2.24, 2.45) is 23.0 Å². The minimum Gasteiger partial charge on any atom is -0.458 e. The first-order chi connectivity index (χ1) is 18.0. The average molecular weight is 554 g/mol. The minimum atomic E-state index is -1.08. The molecule has 0 heterocycles. The number of esters is 2. The van der Waals surface area contributed by atoms with E-state index in [1.165, 1.54) is 12.1 Å². The molecule has 1 aromatic rings. The molecule has 0 amide bonds. The Kier molecular flexibility index (Phi) is 13.2. The molecule has 0 aliphatic rings. The summed E-state index contributed by atoms with van der Waals surface area (Å²) in [5.41, 5.74) is 5.86. The summed E-state index contributed by atoms with van der Waals surface area (Å²) in [5.74, 6) is -1.14. The quantitative estimate of drug-likeness (QED) is 0.216. The molecule has 1 aromatic carbocycles. The van der Waals surface area contributed by atoms with Crippen molar-refractivity contribution in [1.29, 1.82) is 0 Å². The first-order valence-electron chi connectivity index (χ1n) is 13.0. The number of hydrogen-bond acceptors (Lipinski definition) is 11. The number of benzene rings is 1. The summed E-state index contributed by atoms with van der Waals surface area (Å²) >= 11 is 0. The summed E-state index contributed by atoms with van der Waals surface area (Å²) < 4.78 is 31.3. The van der Waals surface area contributed by atoms with Crippen LogP contribution in [-0.4, -0.2) is 55.7 Å². The van der Waals surface area contributed by atoms with Gasteiger partial charge in [-0.1, -0.05) is 33.8 Å². The molecular formula is C28H43NO10. The largest absolute Gasteiger partial charge is 0.513 e. The number of carbonyl (C=O) groups excluding carboxylic acids is 4. The van der Waals surface area contributed by atoms with Crippen molar-refractivity contribution in [2.75, 3.05) is 13.2 Å². The van der Waals surface area contributed by atoms with Gasteiger partial charge in [-0.3, -0.25) is 9.59 Å². The highest BCUT2D eigenvalue weighted by atomic mass is 16.7. The first kappa shape index (κ1) is 33.7. The zero-order valence-corrected chi connectivity index (χ0v) is 24.4. The Balaban J connectivity index is 2.95. The van der Waals surface area contributed by atoms with Crippen molar-refractivity contribution >= 4 is 24.2 Å². The highest BCUT2D eigenvalue weighted by Gasteiger charge is 2.29. The van der Waals surface area contributed by atoms with Crippen molar-refractivity contribution in [3.05, 3.63) is 23.8 Å². The molecule has 0 aliphatic carbocycles. The highest BCUT2D eigenvalue weighted by molar-refractivity contribution is 5.77. The van der Waals surface area contributed by atoms with E-state index in [4.69, 9.17) is 34.2 Å². The summed E-state index contributed by atoms with van der Waals surface area (Å²) in [4.78, 5) is 49.0. The van der Waals surface area contributed by atoms with Gasteiger partial charge in [-0.2, -0.15) is 0 Å². The minimum absolute atomic E-state index is 0.0111. The Morgan fingerprint density at radius 1 is 0.769 bits per heavy atom. The smallest absolute Gasteiger partial charge is 0.458 e. The molecule has 11 heteroatoms. The molecule has 0 aliphatic heterocycles. The molecule has 0 aromatic heterocycles. The molecule has 0 saturated carbocycles. The lowest BCUT2D eigenvalue weighted by molar-refractivity contribution is -0.171. The summed E-state index contributed by atoms with van der Waals surface area (Å²) in [6.45, 7) is 16.1. The fraction of sp³-hybridized carbons (Fsp3) is 0.643. The van der Waals surface area contributed by atoms with Crippen molar-refractivity contribution in [2.45, 2.75) is 87.0 Å². The van der Waals surface area contributed by atoms with Gasteiger partial charge in [0.2, 0.25) is 0 Å². The van der Waals surface area contributed by atoms with Crippen LogP contribution in [0.5, 0.6) is 11.5 Å². The van der Waals surface area contributed by atoms with Gasteiger partial charge in [-0.05, 0) is 70.6 Å². The van der Waals surface area contributed by atoms with Crippen LogP contribution >= 0.6 is 0 Å². The van der Waals surface area contributed by atoms with Crippen LogP contribution in [-0.2, 0) is 35.0 Å². The summed E-state index contributed by atoms with van der Waals surface area (Å²) in [6.07, 6.45) is -3.37. The van der Waals surface area contributed by atoms with Crippen molar-refractivity contribution in [1.82, 2.24) is 0 Å². The van der Waals surface area contributed by atoms with Crippen LogP contribution in [0.15, 0.2) is 18.2 Å². The van der Waals surface area contributed by atoms with Gasteiger partial charge in [-0.25, -0.2) is 9.59 Å². The molecule has 0 bridgehead atoms. The third-order valence-corrected chi connectivity index (χ3v) is 5.09. The van der Waals surface area contributed by atoms with Crippen LogP contribution in [0.4, 0.5) is 9.59 Å². The fourth-order valence-electron chi connectivity index (χ4n) is 2.70. The maximum Gasteiger partial charge on any atom is 0.513 e. The van der Waals surface area contributed by atoms with Crippen molar-refractivity contribution in [3.63, 3.8) is 0 Å². The number of rotatable bonds is 12. The highest BCUT2D eigenvalue weighted by Crippen LogP contribution is 2.30. The topological polar surface area (TPSA) is 150 Å². The van der Waals surface area contributed by atoms with Crippen LogP contribution in [0.1, 0.15) is 67.9 Å². The van der Waals surface area contributed by atoms with Crippen molar-refractivity contribution in [3.8, 4) is 11.5 Å². The van der Waals surface area contributed by atoms with Crippen LogP contribution in [0.25, 0.3) is 0 Å². The lowest BCUT2D eigenvalue weighted by Gasteiger charge is -2.25. The standard InChI is InChI=1S/C28H43NO10/c1-16(2)14-34-26(32)38-22-11-10-20(13-23(22)39-27(33)35-15-17(3)4)12-21(29)24(30)36-18(5)19(6)37-25(31)28(7,8)9/h10-11,13,16-19,21H,12,14-15,29H2,1-9H3/t18-,19-,21-/m0/s1. The maximum atomic E-state index is 12.6. The molecule has 0 saturated heterocycles. The molecular weight excluding hydrogens is 510 g/mol. The van der Waals surface area contributed by atoms with Crippen LogP contribution in [0.2, 0.25) is 0 Å². The monoisotopic (exact) mass is 553 g/mol. The van der Waals surface area contributed by atoms with Crippen LogP contribution in [0.3, 0.4) is 0 Å². The van der Waals surface area contributed by atoms with E-state index in [-0.39, 0.29) is 43.0 Å². The maximum absolute atomic E-state index is 12.6. The number of nitrogens with two attached hydrogens (primary N) is 1. The van der Waals surface area contributed by atoms with E-state index >= 15 is 0 Å². The van der Waals surface area contributed by atoms with Gasteiger partial charge in [-0.15, -0.1) is 0 Å². The van der Waals surface area contributed by atoms with E-state index in [9.17, 15) is 19.2 Å². The Bertz CT molecular complexity index is 983.